The van der Waals surface area contributed by atoms with Gasteiger partial charge in [-0.3, -0.25) is 14.2 Å². The summed E-state index contributed by atoms with van der Waals surface area (Å²) in [6.45, 7) is 4.25. The fourth-order valence-electron chi connectivity index (χ4n) is 4.11. The molecule has 1 atom stereocenters. The van der Waals surface area contributed by atoms with E-state index in [1.807, 2.05) is 55.9 Å². The van der Waals surface area contributed by atoms with E-state index in [2.05, 4.69) is 17.3 Å². The summed E-state index contributed by atoms with van der Waals surface area (Å²) >= 11 is 0. The summed E-state index contributed by atoms with van der Waals surface area (Å²) in [4.78, 5) is 12.9. The van der Waals surface area contributed by atoms with Crippen molar-refractivity contribution in [3.05, 3.63) is 69.8 Å². The highest BCUT2D eigenvalue weighted by Gasteiger charge is 2.31. The molecule has 0 amide bonds. The molecule has 6 heteroatoms. The van der Waals surface area contributed by atoms with Gasteiger partial charge in [-0.05, 0) is 31.5 Å². The highest BCUT2D eigenvalue weighted by atomic mass is 16.5. The van der Waals surface area contributed by atoms with Gasteiger partial charge in [0, 0.05) is 12.6 Å². The lowest BCUT2D eigenvalue weighted by molar-refractivity contribution is 0.237. The van der Waals surface area contributed by atoms with E-state index in [9.17, 15) is 4.79 Å². The van der Waals surface area contributed by atoms with Crippen LogP contribution in [-0.2, 0) is 7.05 Å². The highest BCUT2D eigenvalue weighted by molar-refractivity contribution is 5.94. The van der Waals surface area contributed by atoms with Gasteiger partial charge in [-0.2, -0.15) is 0 Å². The Hall–Kier alpha value is -3.28. The minimum Gasteiger partial charge on any atom is -0.488 e. The standard InChI is InChI=1S/C21H19N3O3/c1-12-18(13(2)27-22-12)15-9-10-16-19-20(15)26-11-17(14-7-5-4-6-8-14)24(19)23(3)21(16)25/h4-10,17H,11H2,1-3H3. The summed E-state index contributed by atoms with van der Waals surface area (Å²) in [6, 6.07) is 13.9. The number of hydrogen-bond acceptors (Lipinski definition) is 4. The van der Waals surface area contributed by atoms with Gasteiger partial charge in [0.15, 0.2) is 5.75 Å². The molecule has 0 saturated carbocycles. The number of ether oxygens (including phenoxy) is 1. The van der Waals surface area contributed by atoms with Crippen molar-refractivity contribution in [1.29, 1.82) is 0 Å². The molecule has 5 rings (SSSR count). The third-order valence-corrected chi connectivity index (χ3v) is 5.38. The third-order valence-electron chi connectivity index (χ3n) is 5.38. The first-order chi connectivity index (χ1) is 13.1. The molecule has 0 N–H and O–H groups in total. The van der Waals surface area contributed by atoms with E-state index in [0.717, 1.165) is 33.7 Å². The van der Waals surface area contributed by atoms with Crippen molar-refractivity contribution < 1.29 is 9.26 Å². The monoisotopic (exact) mass is 361 g/mol. The van der Waals surface area contributed by atoms with Crippen molar-refractivity contribution in [2.75, 3.05) is 6.61 Å². The topological polar surface area (TPSA) is 62.2 Å². The number of benzene rings is 2. The first-order valence-corrected chi connectivity index (χ1v) is 8.93. The summed E-state index contributed by atoms with van der Waals surface area (Å²) in [5.74, 6) is 1.45. The van der Waals surface area contributed by atoms with Crippen molar-refractivity contribution in [3.63, 3.8) is 0 Å². The van der Waals surface area contributed by atoms with E-state index in [1.54, 1.807) is 4.68 Å². The smallest absolute Gasteiger partial charge is 0.274 e. The van der Waals surface area contributed by atoms with Crippen LogP contribution in [0.25, 0.3) is 22.0 Å². The Morgan fingerprint density at radius 2 is 1.89 bits per heavy atom. The minimum absolute atomic E-state index is 0.0250. The van der Waals surface area contributed by atoms with E-state index >= 15 is 0 Å². The lowest BCUT2D eigenvalue weighted by Crippen LogP contribution is -2.29. The molecular weight excluding hydrogens is 342 g/mol. The second kappa shape index (κ2) is 5.61. The number of nitrogens with zero attached hydrogens (tertiary/aromatic N) is 3. The Kier molecular flexibility index (Phi) is 3.31. The molecule has 0 saturated heterocycles. The quantitative estimate of drug-likeness (QED) is 0.547. The van der Waals surface area contributed by atoms with E-state index < -0.39 is 0 Å². The Balaban J connectivity index is 1.85. The maximum absolute atomic E-state index is 12.9. The fourth-order valence-corrected chi connectivity index (χ4v) is 4.11. The molecule has 2 aromatic heterocycles. The van der Waals surface area contributed by atoms with Crippen LogP contribution < -0.4 is 10.3 Å². The first kappa shape index (κ1) is 15.9. The van der Waals surface area contributed by atoms with Gasteiger partial charge in [0.25, 0.3) is 5.56 Å². The van der Waals surface area contributed by atoms with Crippen LogP contribution in [0, 0.1) is 13.8 Å². The summed E-state index contributed by atoms with van der Waals surface area (Å²) < 4.78 is 15.3. The first-order valence-electron chi connectivity index (χ1n) is 8.93. The van der Waals surface area contributed by atoms with E-state index in [1.165, 1.54) is 0 Å². The molecule has 4 aromatic rings. The molecule has 6 nitrogen and oxygen atoms in total. The van der Waals surface area contributed by atoms with Crippen molar-refractivity contribution in [3.8, 4) is 16.9 Å². The number of rotatable bonds is 2. The van der Waals surface area contributed by atoms with E-state index in [-0.39, 0.29) is 11.6 Å². The van der Waals surface area contributed by atoms with Crippen LogP contribution in [0.1, 0.15) is 23.1 Å². The van der Waals surface area contributed by atoms with Gasteiger partial charge in [0.05, 0.1) is 16.6 Å². The summed E-state index contributed by atoms with van der Waals surface area (Å²) in [7, 11) is 1.81. The maximum Gasteiger partial charge on any atom is 0.274 e. The van der Waals surface area contributed by atoms with Gasteiger partial charge in [0.2, 0.25) is 0 Å². The van der Waals surface area contributed by atoms with E-state index in [4.69, 9.17) is 9.26 Å². The maximum atomic E-state index is 12.9. The number of hydrogen-bond donors (Lipinski definition) is 0. The Morgan fingerprint density at radius 1 is 1.11 bits per heavy atom. The Morgan fingerprint density at radius 3 is 2.59 bits per heavy atom. The molecule has 0 bridgehead atoms. The molecule has 1 aliphatic rings. The molecule has 0 spiro atoms. The zero-order chi connectivity index (χ0) is 18.7. The lowest BCUT2D eigenvalue weighted by Gasteiger charge is -2.29. The van der Waals surface area contributed by atoms with Crippen LogP contribution in [-0.4, -0.2) is 21.1 Å². The molecular formula is C21H19N3O3. The molecule has 3 heterocycles. The summed E-state index contributed by atoms with van der Waals surface area (Å²) in [5.41, 5.74) is 4.54. The predicted molar refractivity (Wildman–Crippen MR) is 102 cm³/mol. The third kappa shape index (κ3) is 2.13. The molecule has 27 heavy (non-hydrogen) atoms. The van der Waals surface area contributed by atoms with Crippen LogP contribution in [0.5, 0.6) is 5.75 Å². The molecule has 0 aliphatic carbocycles. The summed E-state index contributed by atoms with van der Waals surface area (Å²) in [6.07, 6.45) is 0. The normalized spacial score (nSPS) is 15.9. The van der Waals surface area contributed by atoms with Crippen molar-refractivity contribution >= 4 is 10.9 Å². The zero-order valence-electron chi connectivity index (χ0n) is 15.4. The number of aromatic nitrogens is 3. The SMILES string of the molecule is Cc1noc(C)c1-c1ccc2c(=O)n(C)n3c2c1OCC3c1ccccc1. The second-order valence-corrected chi connectivity index (χ2v) is 6.95. The Labute approximate surface area is 155 Å². The molecule has 0 radical (unpaired) electrons. The summed E-state index contributed by atoms with van der Waals surface area (Å²) in [5, 5.41) is 4.73. The zero-order valence-corrected chi connectivity index (χ0v) is 15.4. The van der Waals surface area contributed by atoms with Crippen LogP contribution in [0.2, 0.25) is 0 Å². The molecule has 1 unspecified atom stereocenters. The van der Waals surface area contributed by atoms with E-state index in [0.29, 0.717) is 17.7 Å². The average molecular weight is 361 g/mol. The van der Waals surface area contributed by atoms with Gasteiger partial charge in [-0.1, -0.05) is 35.5 Å². The molecule has 0 fully saturated rings. The van der Waals surface area contributed by atoms with Gasteiger partial charge >= 0.3 is 0 Å². The number of aryl methyl sites for hydroxylation is 2. The van der Waals surface area contributed by atoms with Crippen molar-refractivity contribution in [2.45, 2.75) is 19.9 Å². The van der Waals surface area contributed by atoms with Gasteiger partial charge in [-0.15, -0.1) is 0 Å². The molecule has 2 aromatic carbocycles. The molecule has 1 aliphatic heterocycles. The average Bonchev–Trinajstić information content (AvgIpc) is 3.16. The van der Waals surface area contributed by atoms with Gasteiger partial charge in [0.1, 0.15) is 23.9 Å². The van der Waals surface area contributed by atoms with Crippen LogP contribution in [0.3, 0.4) is 0 Å². The minimum atomic E-state index is -0.0613. The Bertz CT molecular complexity index is 1210. The highest BCUT2D eigenvalue weighted by Crippen LogP contribution is 2.43. The second-order valence-electron chi connectivity index (χ2n) is 6.95. The largest absolute Gasteiger partial charge is 0.488 e. The fraction of sp³-hybridized carbons (Fsp3) is 0.238. The lowest BCUT2D eigenvalue weighted by atomic mass is 9.99. The van der Waals surface area contributed by atoms with Gasteiger partial charge in [-0.25, -0.2) is 0 Å². The van der Waals surface area contributed by atoms with Crippen molar-refractivity contribution in [1.82, 2.24) is 14.5 Å². The van der Waals surface area contributed by atoms with Crippen LogP contribution in [0.4, 0.5) is 0 Å². The predicted octanol–water partition coefficient (Wildman–Crippen LogP) is 3.59. The van der Waals surface area contributed by atoms with Crippen LogP contribution >= 0.6 is 0 Å². The molecule has 136 valence electrons. The van der Waals surface area contributed by atoms with Crippen LogP contribution in [0.15, 0.2) is 51.8 Å². The van der Waals surface area contributed by atoms with Gasteiger partial charge < -0.3 is 9.26 Å². The van der Waals surface area contributed by atoms with Crippen molar-refractivity contribution in [2.24, 2.45) is 7.05 Å².